The minimum Gasteiger partial charge on any atom is -0.322 e. The first kappa shape index (κ1) is 17.0. The van der Waals surface area contributed by atoms with Gasteiger partial charge in [-0.3, -0.25) is 9.10 Å². The van der Waals surface area contributed by atoms with Gasteiger partial charge in [0.25, 0.3) is 5.91 Å². The topological polar surface area (TPSA) is 66.5 Å². The fourth-order valence-corrected chi connectivity index (χ4v) is 2.73. The minimum absolute atomic E-state index is 0.221. The van der Waals surface area contributed by atoms with Crippen LogP contribution in [0.15, 0.2) is 42.5 Å². The van der Waals surface area contributed by atoms with Crippen LogP contribution in [-0.4, -0.2) is 27.6 Å². The molecule has 2 aromatic carbocycles. The number of nitrogens with zero attached hydrogens (tertiary/aromatic N) is 1. The van der Waals surface area contributed by atoms with E-state index >= 15 is 0 Å². The second-order valence-electron chi connectivity index (χ2n) is 5.55. The molecule has 1 amide bonds. The predicted octanol–water partition coefficient (Wildman–Crippen LogP) is 2.95. The lowest BCUT2D eigenvalue weighted by Gasteiger charge is -2.17. The Bertz CT molecular complexity index is 845. The summed E-state index contributed by atoms with van der Waals surface area (Å²) in [5.74, 6) is -0.221. The minimum atomic E-state index is -3.34. The predicted molar refractivity (Wildman–Crippen MR) is 93.6 cm³/mol. The van der Waals surface area contributed by atoms with Crippen molar-refractivity contribution < 1.29 is 13.2 Å². The Labute approximate surface area is 137 Å². The summed E-state index contributed by atoms with van der Waals surface area (Å²) in [5.41, 5.74) is 3.62. The van der Waals surface area contributed by atoms with Gasteiger partial charge in [-0.25, -0.2) is 8.42 Å². The molecular weight excluding hydrogens is 312 g/mol. The molecule has 0 aliphatic rings. The van der Waals surface area contributed by atoms with Crippen molar-refractivity contribution in [2.24, 2.45) is 0 Å². The molecule has 0 bridgehead atoms. The molecule has 1 N–H and O–H groups in total. The molecule has 0 radical (unpaired) electrons. The molecule has 0 aliphatic heterocycles. The SMILES string of the molecule is Cc1ccc(C(=O)Nc2cccc(N(C)S(C)(=O)=O)c2)c(C)c1. The summed E-state index contributed by atoms with van der Waals surface area (Å²) < 4.78 is 24.4. The number of hydrogen-bond donors (Lipinski definition) is 1. The molecule has 0 aromatic heterocycles. The van der Waals surface area contributed by atoms with Gasteiger partial charge >= 0.3 is 0 Å². The van der Waals surface area contributed by atoms with Gasteiger partial charge in [0.05, 0.1) is 11.9 Å². The van der Waals surface area contributed by atoms with Crippen molar-refractivity contribution in [3.05, 3.63) is 59.2 Å². The highest BCUT2D eigenvalue weighted by atomic mass is 32.2. The smallest absolute Gasteiger partial charge is 0.255 e. The second kappa shape index (κ2) is 6.42. The van der Waals surface area contributed by atoms with E-state index in [0.29, 0.717) is 16.9 Å². The highest BCUT2D eigenvalue weighted by Gasteiger charge is 2.13. The van der Waals surface area contributed by atoms with Gasteiger partial charge in [0.1, 0.15) is 0 Å². The van der Waals surface area contributed by atoms with Gasteiger partial charge in [-0.15, -0.1) is 0 Å². The molecular formula is C17H20N2O3S. The first-order chi connectivity index (χ1) is 10.7. The maximum absolute atomic E-state index is 12.4. The Kier molecular flexibility index (Phi) is 4.75. The van der Waals surface area contributed by atoms with Gasteiger partial charge in [-0.05, 0) is 43.7 Å². The lowest BCUT2D eigenvalue weighted by molar-refractivity contribution is 0.102. The molecule has 5 nitrogen and oxygen atoms in total. The van der Waals surface area contributed by atoms with Gasteiger partial charge in [-0.2, -0.15) is 0 Å². The van der Waals surface area contributed by atoms with Gasteiger partial charge < -0.3 is 5.32 Å². The summed E-state index contributed by atoms with van der Waals surface area (Å²) in [7, 11) is -1.87. The van der Waals surface area contributed by atoms with E-state index in [0.717, 1.165) is 17.4 Å². The number of carbonyl (C=O) groups is 1. The third kappa shape index (κ3) is 4.10. The Morgan fingerprint density at radius 2 is 1.78 bits per heavy atom. The lowest BCUT2D eigenvalue weighted by Crippen LogP contribution is -2.25. The Morgan fingerprint density at radius 1 is 1.09 bits per heavy atom. The highest BCUT2D eigenvalue weighted by Crippen LogP contribution is 2.21. The molecule has 0 fully saturated rings. The molecule has 2 aromatic rings. The summed E-state index contributed by atoms with van der Waals surface area (Å²) in [5, 5.41) is 2.80. The van der Waals surface area contributed by atoms with Crippen molar-refractivity contribution in [3.63, 3.8) is 0 Å². The van der Waals surface area contributed by atoms with Gasteiger partial charge in [0, 0.05) is 18.3 Å². The standard InChI is InChI=1S/C17H20N2O3S/c1-12-8-9-16(13(2)10-12)17(20)18-14-6-5-7-15(11-14)19(3)23(4,21)22/h5-11H,1-4H3,(H,18,20). The molecule has 0 saturated heterocycles. The number of rotatable bonds is 4. The van der Waals surface area contributed by atoms with Crippen LogP contribution in [-0.2, 0) is 10.0 Å². The summed E-state index contributed by atoms with van der Waals surface area (Å²) >= 11 is 0. The largest absolute Gasteiger partial charge is 0.322 e. The molecule has 122 valence electrons. The Hall–Kier alpha value is -2.34. The molecule has 0 saturated carbocycles. The fourth-order valence-electron chi connectivity index (χ4n) is 2.24. The van der Waals surface area contributed by atoms with E-state index in [-0.39, 0.29) is 5.91 Å². The van der Waals surface area contributed by atoms with Crippen LogP contribution < -0.4 is 9.62 Å². The summed E-state index contributed by atoms with van der Waals surface area (Å²) in [4.78, 5) is 12.4. The number of sulfonamides is 1. The quantitative estimate of drug-likeness (QED) is 0.936. The Morgan fingerprint density at radius 3 is 2.39 bits per heavy atom. The molecule has 2 rings (SSSR count). The first-order valence-corrected chi connectivity index (χ1v) is 8.96. The van der Waals surface area contributed by atoms with Crippen LogP contribution >= 0.6 is 0 Å². The van der Waals surface area contributed by atoms with Crippen LogP contribution in [0.4, 0.5) is 11.4 Å². The molecule has 23 heavy (non-hydrogen) atoms. The van der Waals surface area contributed by atoms with E-state index in [1.54, 1.807) is 30.3 Å². The summed E-state index contributed by atoms with van der Waals surface area (Å²) in [6.07, 6.45) is 1.13. The average Bonchev–Trinajstić information content (AvgIpc) is 2.45. The number of aryl methyl sites for hydroxylation is 2. The van der Waals surface area contributed by atoms with Gasteiger partial charge in [-0.1, -0.05) is 23.8 Å². The average molecular weight is 332 g/mol. The van der Waals surface area contributed by atoms with Crippen LogP contribution in [0, 0.1) is 13.8 Å². The van der Waals surface area contributed by atoms with Crippen molar-refractivity contribution in [2.75, 3.05) is 22.9 Å². The normalized spacial score (nSPS) is 11.1. The van der Waals surface area contributed by atoms with E-state index in [2.05, 4.69) is 5.32 Å². The zero-order chi connectivity index (χ0) is 17.2. The zero-order valence-electron chi connectivity index (χ0n) is 13.6. The maximum Gasteiger partial charge on any atom is 0.255 e. The molecule has 0 heterocycles. The molecule has 0 unspecified atom stereocenters. The van der Waals surface area contributed by atoms with E-state index in [1.165, 1.54) is 11.4 Å². The monoisotopic (exact) mass is 332 g/mol. The van der Waals surface area contributed by atoms with Crippen molar-refractivity contribution >= 4 is 27.3 Å². The fraction of sp³-hybridized carbons (Fsp3) is 0.235. The number of anilines is 2. The van der Waals surface area contributed by atoms with Crippen molar-refractivity contribution in [1.82, 2.24) is 0 Å². The van der Waals surface area contributed by atoms with Gasteiger partial charge in [0.15, 0.2) is 0 Å². The third-order valence-corrected chi connectivity index (χ3v) is 4.80. The van der Waals surface area contributed by atoms with Crippen molar-refractivity contribution in [1.29, 1.82) is 0 Å². The van der Waals surface area contributed by atoms with E-state index < -0.39 is 10.0 Å². The van der Waals surface area contributed by atoms with Crippen LogP contribution in [0.5, 0.6) is 0 Å². The second-order valence-corrected chi connectivity index (χ2v) is 7.57. The van der Waals surface area contributed by atoms with Crippen LogP contribution in [0.3, 0.4) is 0 Å². The number of nitrogens with one attached hydrogen (secondary N) is 1. The maximum atomic E-state index is 12.4. The number of hydrogen-bond acceptors (Lipinski definition) is 3. The number of carbonyl (C=O) groups excluding carboxylic acids is 1. The molecule has 0 atom stereocenters. The Balaban J connectivity index is 2.25. The van der Waals surface area contributed by atoms with Gasteiger partial charge in [0.2, 0.25) is 10.0 Å². The summed E-state index contributed by atoms with van der Waals surface area (Å²) in [6.45, 7) is 3.86. The number of amides is 1. The molecule has 0 aliphatic carbocycles. The van der Waals surface area contributed by atoms with Crippen molar-refractivity contribution in [3.8, 4) is 0 Å². The third-order valence-electron chi connectivity index (χ3n) is 3.59. The zero-order valence-corrected chi connectivity index (χ0v) is 14.4. The van der Waals surface area contributed by atoms with Crippen LogP contribution in [0.1, 0.15) is 21.5 Å². The van der Waals surface area contributed by atoms with Crippen molar-refractivity contribution in [2.45, 2.75) is 13.8 Å². The summed E-state index contributed by atoms with van der Waals surface area (Å²) in [6, 6.07) is 12.3. The van der Waals surface area contributed by atoms with E-state index in [4.69, 9.17) is 0 Å². The molecule has 6 heteroatoms. The van der Waals surface area contributed by atoms with E-state index in [1.807, 2.05) is 26.0 Å². The highest BCUT2D eigenvalue weighted by molar-refractivity contribution is 7.92. The number of benzene rings is 2. The first-order valence-electron chi connectivity index (χ1n) is 7.11. The lowest BCUT2D eigenvalue weighted by atomic mass is 10.1. The van der Waals surface area contributed by atoms with Crippen LogP contribution in [0.25, 0.3) is 0 Å². The van der Waals surface area contributed by atoms with Crippen LogP contribution in [0.2, 0.25) is 0 Å². The van der Waals surface area contributed by atoms with E-state index in [9.17, 15) is 13.2 Å². The molecule has 0 spiro atoms.